The van der Waals surface area contributed by atoms with E-state index in [4.69, 9.17) is 0 Å². The van der Waals surface area contributed by atoms with Crippen LogP contribution < -0.4 is 0 Å². The van der Waals surface area contributed by atoms with Gasteiger partial charge in [0.2, 0.25) is 0 Å². The van der Waals surface area contributed by atoms with Gasteiger partial charge in [-0.15, -0.1) is 3.63 Å². The molecule has 9 heteroatoms. The van der Waals surface area contributed by atoms with Gasteiger partial charge in [-0.05, 0) is 12.8 Å². The van der Waals surface area contributed by atoms with Crippen LogP contribution in [0.25, 0.3) is 0 Å². The van der Waals surface area contributed by atoms with Crippen molar-refractivity contribution in [2.24, 2.45) is 0 Å². The van der Waals surface area contributed by atoms with E-state index in [2.05, 4.69) is 17.5 Å². The third-order valence-electron chi connectivity index (χ3n) is 5.70. The molecule has 0 heterocycles. The Morgan fingerprint density at radius 3 is 0.848 bits per heavy atom. The summed E-state index contributed by atoms with van der Waals surface area (Å²) < 4.78 is 52.4. The van der Waals surface area contributed by atoms with Crippen LogP contribution in [0.2, 0.25) is 0 Å². The molecule has 0 aromatic rings. The molecule has 0 spiro atoms. The topological polar surface area (TPSA) is 77.5 Å². The van der Waals surface area contributed by atoms with E-state index >= 15 is 0 Å². The zero-order chi connectivity index (χ0) is 23.3. The molecule has 192 valence electrons. The fraction of sp³-hybridized carbons (Fsp3) is 1.00. The molecule has 0 unspecified atom stereocenters. The van der Waals surface area contributed by atoms with Crippen LogP contribution in [0.15, 0.2) is 0 Å². The van der Waals surface area contributed by atoms with Gasteiger partial charge < -0.3 is 0 Å². The van der Waals surface area contributed by atoms with Gasteiger partial charge in [0.05, 0.1) is 11.5 Å². The quantitative estimate of drug-likeness (QED) is 0.110. The molecule has 0 radical (unpaired) electrons. The molecule has 0 amide bonds. The Hall–Kier alpha value is 1.86. The Bertz CT molecular complexity index is 544. The standard InChI is InChI=1S/C24H50O5S2.2Na.2H/c1-3-5-7-9-11-13-15-17-19-21-23-30(25,26)29-31(27,28)24-22-20-18-16-14-12-10-8-6-4-2;;;;/h3-24H2,1-2H3;;;;. The van der Waals surface area contributed by atoms with E-state index in [9.17, 15) is 16.8 Å². The maximum atomic E-state index is 12.0. The summed E-state index contributed by atoms with van der Waals surface area (Å²) in [6.45, 7) is 4.42. The maximum absolute atomic E-state index is 12.0. The molecular formula is C24H52Na2O5S2. The Morgan fingerprint density at radius 2 is 0.606 bits per heavy atom. The minimum atomic E-state index is -4.00. The first kappa shape index (κ1) is 39.4. The molecule has 0 fully saturated rings. The number of unbranched alkanes of at least 4 members (excludes halogenated alkanes) is 18. The van der Waals surface area contributed by atoms with Crippen LogP contribution in [0.4, 0.5) is 0 Å². The third kappa shape index (κ3) is 30.0. The average molecular weight is 531 g/mol. The van der Waals surface area contributed by atoms with E-state index in [-0.39, 0.29) is 70.6 Å². The van der Waals surface area contributed by atoms with Crippen molar-refractivity contribution < 1.29 is 20.5 Å². The molecule has 0 bridgehead atoms. The van der Waals surface area contributed by atoms with Gasteiger partial charge in [0.15, 0.2) is 0 Å². The van der Waals surface area contributed by atoms with Gasteiger partial charge in [0, 0.05) is 0 Å². The summed E-state index contributed by atoms with van der Waals surface area (Å²) in [7, 11) is -7.99. The number of hydrogen-bond donors (Lipinski definition) is 0. The van der Waals surface area contributed by atoms with E-state index in [1.54, 1.807) is 0 Å². The minimum absolute atomic E-state index is 0. The zero-order valence-corrected chi connectivity index (χ0v) is 22.0. The molecule has 33 heavy (non-hydrogen) atoms. The van der Waals surface area contributed by atoms with Crippen molar-refractivity contribution in [2.45, 2.75) is 142 Å². The summed E-state index contributed by atoms with van der Waals surface area (Å²) in [5.41, 5.74) is 0. The molecule has 0 aromatic carbocycles. The normalized spacial score (nSPS) is 11.7. The molecule has 0 aromatic heterocycles. The molecule has 0 saturated carbocycles. The van der Waals surface area contributed by atoms with Crippen LogP contribution in [0, 0.1) is 0 Å². The van der Waals surface area contributed by atoms with Crippen LogP contribution >= 0.6 is 0 Å². The van der Waals surface area contributed by atoms with Crippen LogP contribution in [-0.2, 0) is 23.9 Å². The summed E-state index contributed by atoms with van der Waals surface area (Å²) in [6.07, 6.45) is 21.9. The van der Waals surface area contributed by atoms with E-state index in [0.29, 0.717) is 12.8 Å². The SMILES string of the molecule is CCCCCCCCCCCCS(=O)(=O)OS(=O)(=O)CCCCCCCCCCCC.[NaH].[NaH]. The van der Waals surface area contributed by atoms with Gasteiger partial charge in [-0.1, -0.05) is 129 Å². The second kappa shape index (κ2) is 26.9. The Morgan fingerprint density at radius 1 is 0.394 bits per heavy atom. The first-order chi connectivity index (χ1) is 14.8. The van der Waals surface area contributed by atoms with Gasteiger partial charge in [-0.25, -0.2) is 0 Å². The van der Waals surface area contributed by atoms with Crippen molar-refractivity contribution in [2.75, 3.05) is 11.5 Å². The summed E-state index contributed by atoms with van der Waals surface area (Å²) in [4.78, 5) is 0. The summed E-state index contributed by atoms with van der Waals surface area (Å²) >= 11 is 0. The van der Waals surface area contributed by atoms with E-state index < -0.39 is 20.2 Å². The van der Waals surface area contributed by atoms with Gasteiger partial charge in [0.25, 0.3) is 20.2 Å². The summed E-state index contributed by atoms with van der Waals surface area (Å²) in [5.74, 6) is -0.415. The molecule has 0 aliphatic rings. The monoisotopic (exact) mass is 530 g/mol. The number of rotatable bonds is 24. The molecule has 0 rings (SSSR count). The predicted octanol–water partition coefficient (Wildman–Crippen LogP) is 6.21. The van der Waals surface area contributed by atoms with Gasteiger partial charge in [-0.2, -0.15) is 16.8 Å². The van der Waals surface area contributed by atoms with Crippen LogP contribution in [0.3, 0.4) is 0 Å². The third-order valence-corrected chi connectivity index (χ3v) is 8.94. The Kier molecular flexibility index (Phi) is 32.1. The van der Waals surface area contributed by atoms with E-state index in [1.165, 1.54) is 77.0 Å². The fourth-order valence-corrected chi connectivity index (χ4v) is 6.68. The van der Waals surface area contributed by atoms with Crippen molar-refractivity contribution in [1.82, 2.24) is 0 Å². The van der Waals surface area contributed by atoms with E-state index in [1.807, 2.05) is 0 Å². The number of hydrogen-bond acceptors (Lipinski definition) is 5. The van der Waals surface area contributed by atoms with Crippen molar-refractivity contribution in [3.63, 3.8) is 0 Å². The predicted molar refractivity (Wildman–Crippen MR) is 147 cm³/mol. The molecule has 5 nitrogen and oxygen atoms in total. The first-order valence-corrected chi connectivity index (χ1v) is 16.1. The fourth-order valence-electron chi connectivity index (χ4n) is 3.76. The van der Waals surface area contributed by atoms with E-state index in [0.717, 1.165) is 38.5 Å². The summed E-state index contributed by atoms with van der Waals surface area (Å²) in [5, 5.41) is 0. The van der Waals surface area contributed by atoms with Gasteiger partial charge in [0.1, 0.15) is 0 Å². The van der Waals surface area contributed by atoms with Crippen LogP contribution in [0.1, 0.15) is 142 Å². The molecule has 0 saturated heterocycles. The molecule has 0 aliphatic heterocycles. The second-order valence-electron chi connectivity index (χ2n) is 8.96. The summed E-state index contributed by atoms with van der Waals surface area (Å²) in [6, 6.07) is 0. The molecule has 0 atom stereocenters. The van der Waals surface area contributed by atoms with Crippen molar-refractivity contribution in [3.05, 3.63) is 0 Å². The van der Waals surface area contributed by atoms with Crippen molar-refractivity contribution >= 4 is 79.4 Å². The second-order valence-corrected chi connectivity index (χ2v) is 12.5. The molecular weight excluding hydrogens is 478 g/mol. The van der Waals surface area contributed by atoms with Crippen molar-refractivity contribution in [3.8, 4) is 0 Å². The molecule has 0 N–H and O–H groups in total. The Balaban J connectivity index is -0.00000450. The van der Waals surface area contributed by atoms with Gasteiger partial charge in [-0.3, -0.25) is 0 Å². The zero-order valence-electron chi connectivity index (χ0n) is 20.4. The van der Waals surface area contributed by atoms with Crippen LogP contribution in [-0.4, -0.2) is 87.5 Å². The Labute approximate surface area is 251 Å². The molecule has 0 aliphatic carbocycles. The van der Waals surface area contributed by atoms with Crippen molar-refractivity contribution in [1.29, 1.82) is 0 Å². The van der Waals surface area contributed by atoms with Crippen LogP contribution in [0.5, 0.6) is 0 Å². The average Bonchev–Trinajstić information content (AvgIpc) is 2.70. The van der Waals surface area contributed by atoms with Gasteiger partial charge >= 0.3 is 59.1 Å². The first-order valence-electron chi connectivity index (χ1n) is 13.0.